The van der Waals surface area contributed by atoms with E-state index >= 15 is 0 Å². The summed E-state index contributed by atoms with van der Waals surface area (Å²) < 4.78 is 0. The molecule has 1 heterocycles. The number of thioether (sulfide) groups is 1. The first-order valence-electron chi connectivity index (χ1n) is 5.18. The molecule has 5 heteroatoms. The maximum Gasteiger partial charge on any atom is 0.235 e. The SMILES string of the molecule is CNC1CCN(C(=O)C(C)SC)CC1.Cl. The first-order valence-corrected chi connectivity index (χ1v) is 6.46. The normalized spacial score (nSPS) is 19.5. The van der Waals surface area contributed by atoms with Gasteiger partial charge in [0.15, 0.2) is 0 Å². The van der Waals surface area contributed by atoms with Gasteiger partial charge in [-0.2, -0.15) is 11.8 Å². The smallest absolute Gasteiger partial charge is 0.235 e. The lowest BCUT2D eigenvalue weighted by Crippen LogP contribution is -2.46. The van der Waals surface area contributed by atoms with Gasteiger partial charge in [-0.05, 0) is 33.1 Å². The number of likely N-dealkylation sites (tertiary alicyclic amines) is 1. The molecule has 1 aliphatic heterocycles. The Balaban J connectivity index is 0.00000196. The number of piperidine rings is 1. The zero-order valence-electron chi connectivity index (χ0n) is 9.66. The molecule has 1 saturated heterocycles. The molecule has 1 aliphatic rings. The summed E-state index contributed by atoms with van der Waals surface area (Å²) in [6.07, 6.45) is 4.16. The van der Waals surface area contributed by atoms with Crippen LogP contribution in [0.25, 0.3) is 0 Å². The van der Waals surface area contributed by atoms with Crippen molar-refractivity contribution in [3.8, 4) is 0 Å². The highest BCUT2D eigenvalue weighted by molar-refractivity contribution is 7.99. The fourth-order valence-corrected chi connectivity index (χ4v) is 2.10. The topological polar surface area (TPSA) is 32.3 Å². The quantitative estimate of drug-likeness (QED) is 0.824. The molecular weight excluding hydrogens is 232 g/mol. The van der Waals surface area contributed by atoms with E-state index in [0.717, 1.165) is 25.9 Å². The Morgan fingerprint density at radius 1 is 1.47 bits per heavy atom. The number of hydrogen-bond donors (Lipinski definition) is 1. The van der Waals surface area contributed by atoms with E-state index in [4.69, 9.17) is 0 Å². The van der Waals surface area contributed by atoms with Crippen LogP contribution in [-0.4, -0.2) is 48.5 Å². The Hall–Kier alpha value is 0.0700. The number of hydrogen-bond acceptors (Lipinski definition) is 3. The number of carbonyl (C=O) groups excluding carboxylic acids is 1. The first-order chi connectivity index (χ1) is 6.69. The molecule has 0 aromatic carbocycles. The maximum absolute atomic E-state index is 11.8. The minimum atomic E-state index is 0. The number of nitrogens with one attached hydrogen (secondary N) is 1. The van der Waals surface area contributed by atoms with Crippen LogP contribution in [0.3, 0.4) is 0 Å². The summed E-state index contributed by atoms with van der Waals surface area (Å²) in [4.78, 5) is 13.8. The van der Waals surface area contributed by atoms with Crippen molar-refractivity contribution in [2.24, 2.45) is 0 Å². The Kier molecular flexibility index (Phi) is 7.40. The van der Waals surface area contributed by atoms with E-state index in [9.17, 15) is 4.79 Å². The maximum atomic E-state index is 11.8. The van der Waals surface area contributed by atoms with E-state index in [0.29, 0.717) is 11.9 Å². The van der Waals surface area contributed by atoms with Gasteiger partial charge in [0.1, 0.15) is 0 Å². The van der Waals surface area contributed by atoms with Crippen molar-refractivity contribution < 1.29 is 4.79 Å². The molecule has 0 spiro atoms. The van der Waals surface area contributed by atoms with Gasteiger partial charge in [-0.3, -0.25) is 4.79 Å². The van der Waals surface area contributed by atoms with Crippen LogP contribution < -0.4 is 5.32 Å². The zero-order chi connectivity index (χ0) is 10.6. The van der Waals surface area contributed by atoms with Gasteiger partial charge < -0.3 is 10.2 Å². The number of rotatable bonds is 3. The fourth-order valence-electron chi connectivity index (χ4n) is 1.75. The molecule has 15 heavy (non-hydrogen) atoms. The van der Waals surface area contributed by atoms with Crippen molar-refractivity contribution in [2.75, 3.05) is 26.4 Å². The monoisotopic (exact) mass is 252 g/mol. The van der Waals surface area contributed by atoms with Gasteiger partial charge in [-0.15, -0.1) is 12.4 Å². The van der Waals surface area contributed by atoms with E-state index < -0.39 is 0 Å². The second-order valence-corrected chi connectivity index (χ2v) is 4.94. The van der Waals surface area contributed by atoms with Gasteiger partial charge >= 0.3 is 0 Å². The van der Waals surface area contributed by atoms with E-state index in [-0.39, 0.29) is 17.7 Å². The molecule has 0 radical (unpaired) electrons. The second kappa shape index (κ2) is 7.36. The molecule has 1 fully saturated rings. The zero-order valence-corrected chi connectivity index (χ0v) is 11.3. The summed E-state index contributed by atoms with van der Waals surface area (Å²) in [6, 6.07) is 0.601. The molecule has 90 valence electrons. The van der Waals surface area contributed by atoms with E-state index in [2.05, 4.69) is 5.32 Å². The third-order valence-electron chi connectivity index (χ3n) is 2.92. The van der Waals surface area contributed by atoms with Crippen molar-refractivity contribution in [3.05, 3.63) is 0 Å². The average Bonchev–Trinajstić information content (AvgIpc) is 2.27. The molecule has 0 bridgehead atoms. The Labute approximate surface area is 103 Å². The third-order valence-corrected chi connectivity index (χ3v) is 3.82. The molecule has 0 aromatic rings. The van der Waals surface area contributed by atoms with Crippen molar-refractivity contribution in [2.45, 2.75) is 31.1 Å². The van der Waals surface area contributed by atoms with Gasteiger partial charge in [-0.25, -0.2) is 0 Å². The summed E-state index contributed by atoms with van der Waals surface area (Å²) in [5, 5.41) is 3.38. The highest BCUT2D eigenvalue weighted by Gasteiger charge is 2.24. The second-order valence-electron chi connectivity index (χ2n) is 3.77. The van der Waals surface area contributed by atoms with E-state index in [1.54, 1.807) is 11.8 Å². The molecule has 0 aromatic heterocycles. The summed E-state index contributed by atoms with van der Waals surface area (Å²) in [5.41, 5.74) is 0. The average molecular weight is 253 g/mol. The minimum Gasteiger partial charge on any atom is -0.342 e. The van der Waals surface area contributed by atoms with Gasteiger partial charge in [0.2, 0.25) is 5.91 Å². The molecular formula is C10H21ClN2OS. The summed E-state index contributed by atoms with van der Waals surface area (Å²) in [6.45, 7) is 3.81. The molecule has 1 unspecified atom stereocenters. The summed E-state index contributed by atoms with van der Waals surface area (Å²) >= 11 is 1.63. The lowest BCUT2D eigenvalue weighted by atomic mass is 10.1. The van der Waals surface area contributed by atoms with Gasteiger partial charge in [0.25, 0.3) is 0 Å². The van der Waals surface area contributed by atoms with Gasteiger partial charge in [0.05, 0.1) is 5.25 Å². The van der Waals surface area contributed by atoms with Crippen LogP contribution in [0.2, 0.25) is 0 Å². The van der Waals surface area contributed by atoms with Crippen molar-refractivity contribution in [3.63, 3.8) is 0 Å². The summed E-state index contributed by atoms with van der Waals surface area (Å²) in [5.74, 6) is 0.298. The molecule has 3 nitrogen and oxygen atoms in total. The minimum absolute atomic E-state index is 0. The molecule has 1 atom stereocenters. The van der Waals surface area contributed by atoms with Gasteiger partial charge in [0, 0.05) is 19.1 Å². The Morgan fingerprint density at radius 2 is 2.00 bits per heavy atom. The van der Waals surface area contributed by atoms with E-state index in [1.165, 1.54) is 0 Å². The lowest BCUT2D eigenvalue weighted by molar-refractivity contribution is -0.131. The number of halogens is 1. The van der Waals surface area contributed by atoms with Crippen LogP contribution in [0.15, 0.2) is 0 Å². The molecule has 0 aliphatic carbocycles. The summed E-state index contributed by atoms with van der Waals surface area (Å²) in [7, 11) is 1.99. The van der Waals surface area contributed by atoms with Crippen LogP contribution in [0.1, 0.15) is 19.8 Å². The van der Waals surface area contributed by atoms with Crippen molar-refractivity contribution in [1.29, 1.82) is 0 Å². The highest BCUT2D eigenvalue weighted by atomic mass is 35.5. The lowest BCUT2D eigenvalue weighted by Gasteiger charge is -2.33. The fraction of sp³-hybridized carbons (Fsp3) is 0.900. The standard InChI is InChI=1S/C10H20N2OS.ClH/c1-8(14-3)10(13)12-6-4-9(11-2)5-7-12;/h8-9,11H,4-7H2,1-3H3;1H. The van der Waals surface area contributed by atoms with Crippen LogP contribution in [0.5, 0.6) is 0 Å². The number of amides is 1. The van der Waals surface area contributed by atoms with E-state index in [1.807, 2.05) is 25.1 Å². The Morgan fingerprint density at radius 3 is 2.40 bits per heavy atom. The predicted molar refractivity (Wildman–Crippen MR) is 68.9 cm³/mol. The van der Waals surface area contributed by atoms with Crippen LogP contribution in [0.4, 0.5) is 0 Å². The van der Waals surface area contributed by atoms with Crippen LogP contribution in [0, 0.1) is 0 Å². The molecule has 1 rings (SSSR count). The van der Waals surface area contributed by atoms with Gasteiger partial charge in [-0.1, -0.05) is 0 Å². The third kappa shape index (κ3) is 4.21. The molecule has 1 N–H and O–H groups in total. The first kappa shape index (κ1) is 15.1. The molecule has 1 amide bonds. The number of nitrogens with zero attached hydrogens (tertiary/aromatic N) is 1. The molecule has 0 saturated carbocycles. The van der Waals surface area contributed by atoms with Crippen molar-refractivity contribution >= 4 is 30.1 Å². The van der Waals surface area contributed by atoms with Crippen LogP contribution >= 0.6 is 24.2 Å². The Bertz CT molecular complexity index is 196. The largest absolute Gasteiger partial charge is 0.342 e. The number of carbonyl (C=O) groups is 1. The van der Waals surface area contributed by atoms with Crippen LogP contribution in [-0.2, 0) is 4.79 Å². The highest BCUT2D eigenvalue weighted by Crippen LogP contribution is 2.15. The van der Waals surface area contributed by atoms with Crippen molar-refractivity contribution in [1.82, 2.24) is 10.2 Å². The predicted octanol–water partition coefficient (Wildman–Crippen LogP) is 1.37.